The van der Waals surface area contributed by atoms with Crippen LogP contribution in [-0.4, -0.2) is 14.5 Å². The topological polar surface area (TPSA) is 56.7 Å². The van der Waals surface area contributed by atoms with E-state index in [1.54, 1.807) is 17.7 Å². The molecule has 0 aliphatic carbocycles. The first-order valence-electron chi connectivity index (χ1n) is 6.45. The van der Waals surface area contributed by atoms with Crippen LogP contribution in [0.2, 0.25) is 0 Å². The molecule has 0 radical (unpaired) electrons. The van der Waals surface area contributed by atoms with Gasteiger partial charge in [-0.25, -0.2) is 9.97 Å². The van der Waals surface area contributed by atoms with E-state index in [4.69, 9.17) is 5.73 Å². The summed E-state index contributed by atoms with van der Waals surface area (Å²) in [7, 11) is 1.97. The van der Waals surface area contributed by atoms with Crippen LogP contribution in [0.5, 0.6) is 0 Å². The third-order valence-corrected chi connectivity index (χ3v) is 4.16. The fraction of sp³-hybridized carbons (Fsp3) is 0.200. The van der Waals surface area contributed by atoms with E-state index in [9.17, 15) is 0 Å². The Bertz CT molecular complexity index is 687. The molecule has 102 valence electrons. The Hall–Kier alpha value is -1.98. The maximum absolute atomic E-state index is 6.23. The van der Waals surface area contributed by atoms with E-state index < -0.39 is 0 Å². The van der Waals surface area contributed by atoms with E-state index in [0.717, 1.165) is 28.4 Å². The van der Waals surface area contributed by atoms with Crippen LogP contribution >= 0.6 is 11.3 Å². The fourth-order valence-electron chi connectivity index (χ4n) is 2.13. The lowest BCUT2D eigenvalue weighted by Gasteiger charge is -2.09. The van der Waals surface area contributed by atoms with Crippen LogP contribution in [0, 0.1) is 0 Å². The van der Waals surface area contributed by atoms with Gasteiger partial charge in [0.15, 0.2) is 0 Å². The van der Waals surface area contributed by atoms with Gasteiger partial charge in [0.05, 0.1) is 23.9 Å². The van der Waals surface area contributed by atoms with Crippen LogP contribution in [0.1, 0.15) is 17.3 Å². The normalized spacial score (nSPS) is 12.5. The molecule has 1 unspecified atom stereocenters. The SMILES string of the molecule is Cn1cncc1-c1nc(CC(N)c2ccccc2)cs1. The molecule has 2 aromatic heterocycles. The van der Waals surface area contributed by atoms with Crippen LogP contribution in [0.25, 0.3) is 10.7 Å². The number of nitrogens with zero attached hydrogens (tertiary/aromatic N) is 3. The van der Waals surface area contributed by atoms with Gasteiger partial charge in [-0.3, -0.25) is 0 Å². The second kappa shape index (κ2) is 5.56. The van der Waals surface area contributed by atoms with E-state index in [2.05, 4.69) is 27.5 Å². The second-order valence-corrected chi connectivity index (χ2v) is 5.61. The highest BCUT2D eigenvalue weighted by atomic mass is 32.1. The molecule has 20 heavy (non-hydrogen) atoms. The molecule has 5 heteroatoms. The van der Waals surface area contributed by atoms with Gasteiger partial charge in [0.2, 0.25) is 0 Å². The predicted octanol–water partition coefficient (Wildman–Crippen LogP) is 2.79. The van der Waals surface area contributed by atoms with Crippen molar-refractivity contribution < 1.29 is 0 Å². The van der Waals surface area contributed by atoms with Crippen molar-refractivity contribution in [3.05, 3.63) is 59.5 Å². The highest BCUT2D eigenvalue weighted by Crippen LogP contribution is 2.25. The van der Waals surface area contributed by atoms with Crippen molar-refractivity contribution in [2.75, 3.05) is 0 Å². The van der Waals surface area contributed by atoms with Crippen molar-refractivity contribution in [2.45, 2.75) is 12.5 Å². The molecule has 0 saturated carbocycles. The van der Waals surface area contributed by atoms with Crippen LogP contribution in [0.15, 0.2) is 48.2 Å². The molecule has 4 nitrogen and oxygen atoms in total. The Balaban J connectivity index is 1.77. The summed E-state index contributed by atoms with van der Waals surface area (Å²) in [6, 6.07) is 10.1. The lowest BCUT2D eigenvalue weighted by atomic mass is 10.0. The summed E-state index contributed by atoms with van der Waals surface area (Å²) in [6.45, 7) is 0. The molecule has 0 aliphatic rings. The minimum absolute atomic E-state index is 0.0160. The van der Waals surface area contributed by atoms with Crippen molar-refractivity contribution in [2.24, 2.45) is 12.8 Å². The summed E-state index contributed by atoms with van der Waals surface area (Å²) in [5.41, 5.74) is 9.44. The van der Waals surface area contributed by atoms with Crippen LogP contribution in [-0.2, 0) is 13.5 Å². The van der Waals surface area contributed by atoms with E-state index in [1.807, 2.05) is 36.0 Å². The second-order valence-electron chi connectivity index (χ2n) is 4.76. The van der Waals surface area contributed by atoms with Gasteiger partial charge in [0.1, 0.15) is 5.01 Å². The summed E-state index contributed by atoms with van der Waals surface area (Å²) < 4.78 is 1.97. The molecule has 3 rings (SSSR count). The van der Waals surface area contributed by atoms with Gasteiger partial charge in [0, 0.05) is 24.9 Å². The smallest absolute Gasteiger partial charge is 0.141 e. The van der Waals surface area contributed by atoms with Gasteiger partial charge in [-0.15, -0.1) is 11.3 Å². The average Bonchev–Trinajstić information content (AvgIpc) is 3.08. The molecule has 0 aliphatic heterocycles. The third-order valence-electron chi connectivity index (χ3n) is 3.24. The molecule has 0 bridgehead atoms. The van der Waals surface area contributed by atoms with Crippen LogP contribution in [0.3, 0.4) is 0 Å². The molecule has 2 heterocycles. The molecular formula is C15H16N4S. The van der Waals surface area contributed by atoms with Gasteiger partial charge in [-0.2, -0.15) is 0 Å². The van der Waals surface area contributed by atoms with Crippen LogP contribution in [0.4, 0.5) is 0 Å². The number of aromatic nitrogens is 3. The largest absolute Gasteiger partial charge is 0.332 e. The molecule has 3 aromatic rings. The van der Waals surface area contributed by atoms with Crippen molar-refractivity contribution in [3.63, 3.8) is 0 Å². The number of benzene rings is 1. The van der Waals surface area contributed by atoms with Gasteiger partial charge in [0.25, 0.3) is 0 Å². The zero-order valence-corrected chi connectivity index (χ0v) is 12.0. The maximum Gasteiger partial charge on any atom is 0.141 e. The zero-order chi connectivity index (χ0) is 13.9. The van der Waals surface area contributed by atoms with Gasteiger partial charge in [-0.1, -0.05) is 30.3 Å². The molecule has 2 N–H and O–H groups in total. The molecular weight excluding hydrogens is 268 g/mol. The van der Waals surface area contributed by atoms with E-state index >= 15 is 0 Å². The maximum atomic E-state index is 6.23. The minimum atomic E-state index is -0.0160. The Morgan fingerprint density at radius 2 is 2.10 bits per heavy atom. The first-order valence-corrected chi connectivity index (χ1v) is 7.33. The number of rotatable bonds is 4. The Morgan fingerprint density at radius 1 is 1.30 bits per heavy atom. The summed E-state index contributed by atoms with van der Waals surface area (Å²) in [5.74, 6) is 0. The number of hydrogen-bond donors (Lipinski definition) is 1. The van der Waals surface area contributed by atoms with Crippen molar-refractivity contribution in [1.82, 2.24) is 14.5 Å². The van der Waals surface area contributed by atoms with Gasteiger partial charge in [-0.05, 0) is 5.56 Å². The standard InChI is InChI=1S/C15H16N4S/c1-19-10-17-8-14(19)15-18-12(9-20-15)7-13(16)11-5-3-2-4-6-11/h2-6,8-10,13H,7,16H2,1H3. The molecule has 1 atom stereocenters. The third kappa shape index (κ3) is 2.64. The predicted molar refractivity (Wildman–Crippen MR) is 81.4 cm³/mol. The fourth-order valence-corrected chi connectivity index (χ4v) is 3.01. The minimum Gasteiger partial charge on any atom is -0.332 e. The Labute approximate surface area is 121 Å². The van der Waals surface area contributed by atoms with E-state index in [-0.39, 0.29) is 6.04 Å². The van der Waals surface area contributed by atoms with Gasteiger partial charge < -0.3 is 10.3 Å². The molecule has 0 fully saturated rings. The summed E-state index contributed by atoms with van der Waals surface area (Å²) in [4.78, 5) is 8.78. The summed E-state index contributed by atoms with van der Waals surface area (Å²) >= 11 is 1.63. The van der Waals surface area contributed by atoms with Crippen molar-refractivity contribution in [3.8, 4) is 10.7 Å². The van der Waals surface area contributed by atoms with Gasteiger partial charge >= 0.3 is 0 Å². The lowest BCUT2D eigenvalue weighted by molar-refractivity contribution is 0.710. The molecule has 1 aromatic carbocycles. The summed E-state index contributed by atoms with van der Waals surface area (Å²) in [5, 5.41) is 3.06. The average molecular weight is 284 g/mol. The quantitative estimate of drug-likeness (QED) is 0.801. The van der Waals surface area contributed by atoms with Crippen molar-refractivity contribution >= 4 is 11.3 Å². The highest BCUT2D eigenvalue weighted by Gasteiger charge is 2.12. The van der Waals surface area contributed by atoms with Crippen LogP contribution < -0.4 is 5.73 Å². The van der Waals surface area contributed by atoms with E-state index in [1.165, 1.54) is 0 Å². The highest BCUT2D eigenvalue weighted by molar-refractivity contribution is 7.13. The molecule has 0 amide bonds. The number of imidazole rings is 1. The number of nitrogens with two attached hydrogens (primary N) is 1. The zero-order valence-electron chi connectivity index (χ0n) is 11.2. The molecule has 0 spiro atoms. The Kier molecular flexibility index (Phi) is 3.62. The first kappa shape index (κ1) is 13.0. The lowest BCUT2D eigenvalue weighted by Crippen LogP contribution is -2.13. The number of aryl methyl sites for hydroxylation is 1. The summed E-state index contributed by atoms with van der Waals surface area (Å²) in [6.07, 6.45) is 4.37. The first-order chi connectivity index (χ1) is 9.74. The molecule has 0 saturated heterocycles. The number of hydrogen-bond acceptors (Lipinski definition) is 4. The monoisotopic (exact) mass is 284 g/mol. The Morgan fingerprint density at radius 3 is 2.80 bits per heavy atom. The van der Waals surface area contributed by atoms with Crippen molar-refractivity contribution in [1.29, 1.82) is 0 Å². The number of thiazole rings is 1. The van der Waals surface area contributed by atoms with E-state index in [0.29, 0.717) is 0 Å².